The van der Waals surface area contributed by atoms with Gasteiger partial charge in [-0.3, -0.25) is 4.79 Å². The van der Waals surface area contributed by atoms with Crippen LogP contribution in [0.4, 0.5) is 0 Å². The first-order valence-electron chi connectivity index (χ1n) is 4.40. The molecule has 1 aromatic carbocycles. The van der Waals surface area contributed by atoms with Gasteiger partial charge in [-0.2, -0.15) is 0 Å². The maximum atomic E-state index is 11.6. The Morgan fingerprint density at radius 1 is 1.44 bits per heavy atom. The molecule has 1 aromatic rings. The van der Waals surface area contributed by atoms with Gasteiger partial charge in [-0.1, -0.05) is 23.7 Å². The number of allylic oxidation sites excluding steroid dienone is 1. The molecule has 0 heterocycles. The van der Waals surface area contributed by atoms with Crippen molar-refractivity contribution in [2.24, 2.45) is 5.73 Å². The molecule has 0 aliphatic rings. The Morgan fingerprint density at radius 2 is 2.12 bits per heavy atom. The van der Waals surface area contributed by atoms with Crippen molar-refractivity contribution in [3.8, 4) is 0 Å². The lowest BCUT2D eigenvalue weighted by Gasteiger charge is -1.99. The Labute approximate surface area is 97.6 Å². The normalized spacial score (nSPS) is 11.0. The number of ketones is 1. The van der Waals surface area contributed by atoms with Crippen LogP contribution in [-0.4, -0.2) is 18.9 Å². The number of esters is 1. The monoisotopic (exact) mass is 239 g/mol. The Balaban J connectivity index is 2.92. The second-order valence-corrected chi connectivity index (χ2v) is 3.40. The predicted molar refractivity (Wildman–Crippen MR) is 60.1 cm³/mol. The van der Waals surface area contributed by atoms with Crippen LogP contribution in [0.3, 0.4) is 0 Å². The molecular formula is C11H10ClNO3. The third-order valence-electron chi connectivity index (χ3n) is 1.82. The quantitative estimate of drug-likeness (QED) is 0.494. The summed E-state index contributed by atoms with van der Waals surface area (Å²) in [6.07, 6.45) is 1.01. The number of rotatable bonds is 3. The Bertz CT molecular complexity index is 454. The van der Waals surface area contributed by atoms with Gasteiger partial charge >= 0.3 is 5.97 Å². The molecule has 5 heteroatoms. The van der Waals surface area contributed by atoms with Crippen LogP contribution >= 0.6 is 11.6 Å². The molecule has 0 bridgehead atoms. The number of hydrogen-bond donors (Lipinski definition) is 1. The molecule has 0 aromatic heterocycles. The van der Waals surface area contributed by atoms with Gasteiger partial charge in [-0.05, 0) is 12.1 Å². The lowest BCUT2D eigenvalue weighted by Crippen LogP contribution is -2.14. The Kier molecular flexibility index (Phi) is 4.08. The van der Waals surface area contributed by atoms with Crippen molar-refractivity contribution in [1.29, 1.82) is 0 Å². The summed E-state index contributed by atoms with van der Waals surface area (Å²) in [7, 11) is 1.19. The summed E-state index contributed by atoms with van der Waals surface area (Å²) < 4.78 is 4.36. The molecule has 0 unspecified atom stereocenters. The van der Waals surface area contributed by atoms with Crippen LogP contribution in [0, 0.1) is 0 Å². The SMILES string of the molecule is COC(=O)/C(N)=C/C(=O)c1cccc(Cl)c1. The molecule has 0 aliphatic heterocycles. The zero-order valence-electron chi connectivity index (χ0n) is 8.57. The number of carbonyl (C=O) groups is 2. The van der Waals surface area contributed by atoms with Crippen LogP contribution in [-0.2, 0) is 9.53 Å². The Morgan fingerprint density at radius 3 is 2.69 bits per heavy atom. The van der Waals surface area contributed by atoms with Crippen molar-refractivity contribution in [2.45, 2.75) is 0 Å². The largest absolute Gasteiger partial charge is 0.464 e. The predicted octanol–water partition coefficient (Wildman–Crippen LogP) is 1.54. The maximum absolute atomic E-state index is 11.6. The van der Waals surface area contributed by atoms with Gasteiger partial charge in [-0.25, -0.2) is 4.79 Å². The number of hydrogen-bond acceptors (Lipinski definition) is 4. The minimum absolute atomic E-state index is 0.243. The second kappa shape index (κ2) is 5.32. The fourth-order valence-electron chi connectivity index (χ4n) is 1.04. The molecule has 0 amide bonds. The first-order chi connectivity index (χ1) is 7.54. The fraction of sp³-hybridized carbons (Fsp3) is 0.0909. The van der Waals surface area contributed by atoms with E-state index < -0.39 is 11.8 Å². The highest BCUT2D eigenvalue weighted by Crippen LogP contribution is 2.11. The molecule has 84 valence electrons. The van der Waals surface area contributed by atoms with E-state index in [1.807, 2.05) is 0 Å². The Hall–Kier alpha value is -1.81. The summed E-state index contributed by atoms with van der Waals surface area (Å²) in [6, 6.07) is 6.35. The van der Waals surface area contributed by atoms with E-state index in [9.17, 15) is 9.59 Å². The standard InChI is InChI=1S/C11H10ClNO3/c1-16-11(15)9(13)6-10(14)7-3-2-4-8(12)5-7/h2-6H,13H2,1H3/b9-6-. The number of carbonyl (C=O) groups excluding carboxylic acids is 2. The van der Waals surface area contributed by atoms with E-state index in [4.69, 9.17) is 17.3 Å². The van der Waals surface area contributed by atoms with Crippen molar-refractivity contribution < 1.29 is 14.3 Å². The van der Waals surface area contributed by atoms with E-state index in [1.54, 1.807) is 18.2 Å². The molecule has 0 saturated carbocycles. The topological polar surface area (TPSA) is 69.4 Å². The molecule has 0 fully saturated rings. The number of halogens is 1. The zero-order valence-corrected chi connectivity index (χ0v) is 9.32. The van der Waals surface area contributed by atoms with Crippen LogP contribution in [0.1, 0.15) is 10.4 Å². The van der Waals surface area contributed by atoms with Gasteiger partial charge in [0.05, 0.1) is 7.11 Å². The average molecular weight is 240 g/mol. The summed E-state index contributed by atoms with van der Waals surface area (Å²) in [6.45, 7) is 0. The lowest BCUT2D eigenvalue weighted by molar-refractivity contribution is -0.136. The van der Waals surface area contributed by atoms with Crippen molar-refractivity contribution in [3.63, 3.8) is 0 Å². The van der Waals surface area contributed by atoms with Crippen LogP contribution in [0.25, 0.3) is 0 Å². The van der Waals surface area contributed by atoms with Crippen LogP contribution in [0.5, 0.6) is 0 Å². The summed E-state index contributed by atoms with van der Waals surface area (Å²) in [5.74, 6) is -1.14. The van der Waals surface area contributed by atoms with Gasteiger partial charge in [0.2, 0.25) is 0 Å². The van der Waals surface area contributed by atoms with E-state index in [2.05, 4.69) is 4.74 Å². The van der Waals surface area contributed by atoms with Crippen molar-refractivity contribution >= 4 is 23.4 Å². The van der Waals surface area contributed by atoms with E-state index in [-0.39, 0.29) is 5.70 Å². The van der Waals surface area contributed by atoms with E-state index in [0.29, 0.717) is 10.6 Å². The van der Waals surface area contributed by atoms with Crippen molar-refractivity contribution in [1.82, 2.24) is 0 Å². The van der Waals surface area contributed by atoms with Gasteiger partial charge in [0.25, 0.3) is 0 Å². The van der Waals surface area contributed by atoms with E-state index in [0.717, 1.165) is 6.08 Å². The highest BCUT2D eigenvalue weighted by Gasteiger charge is 2.09. The molecule has 0 atom stereocenters. The minimum Gasteiger partial charge on any atom is -0.464 e. The summed E-state index contributed by atoms with van der Waals surface area (Å²) >= 11 is 5.72. The second-order valence-electron chi connectivity index (χ2n) is 2.97. The summed E-state index contributed by atoms with van der Waals surface area (Å²) in [5.41, 5.74) is 5.45. The molecule has 0 spiro atoms. The maximum Gasteiger partial charge on any atom is 0.354 e. The van der Waals surface area contributed by atoms with Crippen molar-refractivity contribution in [3.05, 3.63) is 46.6 Å². The third-order valence-corrected chi connectivity index (χ3v) is 2.05. The number of benzene rings is 1. The number of nitrogens with two attached hydrogens (primary N) is 1. The van der Waals surface area contributed by atoms with Gasteiger partial charge in [-0.15, -0.1) is 0 Å². The highest BCUT2D eigenvalue weighted by molar-refractivity contribution is 6.31. The lowest BCUT2D eigenvalue weighted by atomic mass is 10.1. The molecule has 0 radical (unpaired) electrons. The van der Waals surface area contributed by atoms with Crippen LogP contribution in [0.2, 0.25) is 5.02 Å². The molecule has 0 aliphatic carbocycles. The fourth-order valence-corrected chi connectivity index (χ4v) is 1.23. The minimum atomic E-state index is -0.740. The highest BCUT2D eigenvalue weighted by atomic mass is 35.5. The van der Waals surface area contributed by atoms with Gasteiger partial charge in [0.1, 0.15) is 5.70 Å². The van der Waals surface area contributed by atoms with Gasteiger partial charge < -0.3 is 10.5 Å². The van der Waals surface area contributed by atoms with Crippen LogP contribution in [0.15, 0.2) is 36.0 Å². The molecular weight excluding hydrogens is 230 g/mol. The number of ether oxygens (including phenoxy) is 1. The van der Waals surface area contributed by atoms with Crippen molar-refractivity contribution in [2.75, 3.05) is 7.11 Å². The molecule has 16 heavy (non-hydrogen) atoms. The average Bonchev–Trinajstić information content (AvgIpc) is 2.27. The molecule has 0 saturated heterocycles. The molecule has 1 rings (SSSR count). The zero-order chi connectivity index (χ0) is 12.1. The number of methoxy groups -OCH3 is 1. The first kappa shape index (κ1) is 12.3. The molecule has 4 nitrogen and oxygen atoms in total. The first-order valence-corrected chi connectivity index (χ1v) is 4.77. The van der Waals surface area contributed by atoms with E-state index >= 15 is 0 Å². The third kappa shape index (κ3) is 3.10. The van der Waals surface area contributed by atoms with Crippen LogP contribution < -0.4 is 5.73 Å². The summed E-state index contributed by atoms with van der Waals surface area (Å²) in [4.78, 5) is 22.6. The smallest absolute Gasteiger partial charge is 0.354 e. The van der Waals surface area contributed by atoms with Gasteiger partial charge in [0, 0.05) is 16.7 Å². The summed E-state index contributed by atoms with van der Waals surface area (Å²) in [5, 5.41) is 0.441. The van der Waals surface area contributed by atoms with E-state index in [1.165, 1.54) is 13.2 Å². The van der Waals surface area contributed by atoms with Gasteiger partial charge in [0.15, 0.2) is 5.78 Å². The molecule has 2 N–H and O–H groups in total.